The Labute approximate surface area is 104 Å². The Hall–Kier alpha value is -1.68. The highest BCUT2D eigenvalue weighted by molar-refractivity contribution is 7.19. The van der Waals surface area contributed by atoms with Crippen LogP contribution in [0, 0.1) is 0 Å². The molecule has 2 aromatic rings. The quantitative estimate of drug-likeness (QED) is 0.841. The molecule has 0 fully saturated rings. The maximum absolute atomic E-state index is 5.75. The lowest BCUT2D eigenvalue weighted by molar-refractivity contribution is 0.311. The van der Waals surface area contributed by atoms with Crippen LogP contribution in [0.15, 0.2) is 30.3 Å². The third-order valence-electron chi connectivity index (χ3n) is 2.97. The van der Waals surface area contributed by atoms with Gasteiger partial charge in [-0.3, -0.25) is 0 Å². The monoisotopic (exact) mass is 246 g/mol. The molecule has 2 N–H and O–H groups in total. The molecule has 0 saturated carbocycles. The molecule has 0 radical (unpaired) electrons. The molecular formula is C13H14N2OS. The lowest BCUT2D eigenvalue weighted by Gasteiger charge is -2.27. The molecule has 1 aliphatic heterocycles. The van der Waals surface area contributed by atoms with Crippen molar-refractivity contribution in [3.05, 3.63) is 30.3 Å². The second-order valence-electron chi connectivity index (χ2n) is 4.15. The fraction of sp³-hybridized carbons (Fsp3) is 0.231. The number of nitrogens with two attached hydrogens (primary N) is 1. The first-order chi connectivity index (χ1) is 8.24. The van der Waals surface area contributed by atoms with Crippen molar-refractivity contribution < 1.29 is 4.74 Å². The van der Waals surface area contributed by atoms with Crippen LogP contribution in [0.5, 0.6) is 5.75 Å². The summed E-state index contributed by atoms with van der Waals surface area (Å²) in [6.45, 7) is 1.69. The number of rotatable bonds is 1. The van der Waals surface area contributed by atoms with Crippen LogP contribution in [0.2, 0.25) is 0 Å². The highest BCUT2D eigenvalue weighted by atomic mass is 32.1. The van der Waals surface area contributed by atoms with Gasteiger partial charge in [0.05, 0.1) is 17.2 Å². The van der Waals surface area contributed by atoms with Gasteiger partial charge in [0, 0.05) is 11.9 Å². The van der Waals surface area contributed by atoms with Gasteiger partial charge in [0.1, 0.15) is 12.4 Å². The van der Waals surface area contributed by atoms with Crippen molar-refractivity contribution in [2.45, 2.75) is 0 Å². The molecule has 0 spiro atoms. The molecule has 88 valence electrons. The molecule has 0 saturated heterocycles. The summed E-state index contributed by atoms with van der Waals surface area (Å²) in [5, 5.41) is 0.843. The predicted octanol–water partition coefficient (Wildman–Crippen LogP) is 2.83. The largest absolute Gasteiger partial charge is 0.490 e. The van der Waals surface area contributed by atoms with Crippen molar-refractivity contribution in [3.8, 4) is 16.2 Å². The van der Waals surface area contributed by atoms with Crippen molar-refractivity contribution >= 4 is 22.0 Å². The average Bonchev–Trinajstić information content (AvgIpc) is 2.76. The molecule has 4 heteroatoms. The number of hydrogen-bond acceptors (Lipinski definition) is 4. The summed E-state index contributed by atoms with van der Waals surface area (Å²) in [4.78, 5) is 3.40. The topological polar surface area (TPSA) is 38.5 Å². The summed E-state index contributed by atoms with van der Waals surface area (Å²) in [6.07, 6.45) is 0. The van der Waals surface area contributed by atoms with Crippen LogP contribution < -0.4 is 15.4 Å². The average molecular weight is 246 g/mol. The van der Waals surface area contributed by atoms with Gasteiger partial charge in [-0.1, -0.05) is 6.07 Å². The van der Waals surface area contributed by atoms with E-state index in [-0.39, 0.29) is 0 Å². The summed E-state index contributed by atoms with van der Waals surface area (Å²) in [6, 6.07) is 10.3. The Morgan fingerprint density at radius 3 is 2.94 bits per heavy atom. The molecule has 0 unspecified atom stereocenters. The fourth-order valence-corrected chi connectivity index (χ4v) is 2.79. The van der Waals surface area contributed by atoms with Crippen molar-refractivity contribution in [3.63, 3.8) is 0 Å². The second-order valence-corrected chi connectivity index (χ2v) is 5.27. The zero-order valence-corrected chi connectivity index (χ0v) is 10.5. The molecule has 0 amide bonds. The maximum Gasteiger partial charge on any atom is 0.143 e. The molecule has 1 aliphatic rings. The minimum Gasteiger partial charge on any atom is -0.490 e. The van der Waals surface area contributed by atoms with Crippen LogP contribution >= 0.6 is 11.3 Å². The van der Waals surface area contributed by atoms with Gasteiger partial charge in [0.15, 0.2) is 0 Å². The first-order valence-electron chi connectivity index (χ1n) is 5.58. The van der Waals surface area contributed by atoms with E-state index in [1.807, 2.05) is 12.1 Å². The van der Waals surface area contributed by atoms with E-state index in [9.17, 15) is 0 Å². The van der Waals surface area contributed by atoms with E-state index >= 15 is 0 Å². The minimum atomic E-state index is 0.750. The van der Waals surface area contributed by atoms with Gasteiger partial charge in [0.2, 0.25) is 0 Å². The van der Waals surface area contributed by atoms with Gasteiger partial charge in [-0.25, -0.2) is 0 Å². The summed E-state index contributed by atoms with van der Waals surface area (Å²) in [5.41, 5.74) is 8.08. The van der Waals surface area contributed by atoms with E-state index in [2.05, 4.69) is 30.1 Å². The van der Waals surface area contributed by atoms with E-state index in [4.69, 9.17) is 10.5 Å². The number of fused-ring (bicyclic) bond motifs is 1. The van der Waals surface area contributed by atoms with Crippen LogP contribution in [-0.4, -0.2) is 20.2 Å². The van der Waals surface area contributed by atoms with Gasteiger partial charge in [-0.05, 0) is 29.8 Å². The molecule has 17 heavy (non-hydrogen) atoms. The van der Waals surface area contributed by atoms with Gasteiger partial charge >= 0.3 is 0 Å². The Bertz CT molecular complexity index is 550. The number of anilines is 2. The number of benzene rings is 1. The maximum atomic E-state index is 5.75. The number of hydrogen-bond donors (Lipinski definition) is 1. The third kappa shape index (κ3) is 1.85. The SMILES string of the molecule is CN1CCOc2cc(-c3ccc(N)s3)ccc21. The molecule has 0 aliphatic carbocycles. The predicted molar refractivity (Wildman–Crippen MR) is 72.9 cm³/mol. The number of nitrogen functional groups attached to an aromatic ring is 1. The number of likely N-dealkylation sites (N-methyl/N-ethyl adjacent to an activating group) is 1. The zero-order valence-electron chi connectivity index (χ0n) is 9.64. The molecule has 2 heterocycles. The first-order valence-corrected chi connectivity index (χ1v) is 6.39. The van der Waals surface area contributed by atoms with Crippen LogP contribution in [-0.2, 0) is 0 Å². The first kappa shape index (κ1) is 10.5. The highest BCUT2D eigenvalue weighted by Crippen LogP contribution is 2.37. The van der Waals surface area contributed by atoms with Crippen LogP contribution in [0.3, 0.4) is 0 Å². The minimum absolute atomic E-state index is 0.750. The second kappa shape index (κ2) is 3.96. The van der Waals surface area contributed by atoms with Crippen LogP contribution in [0.4, 0.5) is 10.7 Å². The Kier molecular flexibility index (Phi) is 2.44. The summed E-state index contributed by atoms with van der Waals surface area (Å²) < 4.78 is 5.69. The smallest absolute Gasteiger partial charge is 0.143 e. The number of nitrogens with zero attached hydrogens (tertiary/aromatic N) is 1. The van der Waals surface area contributed by atoms with Crippen LogP contribution in [0.25, 0.3) is 10.4 Å². The summed E-state index contributed by atoms with van der Waals surface area (Å²) >= 11 is 1.60. The van der Waals surface area contributed by atoms with Crippen molar-refractivity contribution in [1.29, 1.82) is 0 Å². The van der Waals surface area contributed by atoms with E-state index in [1.54, 1.807) is 11.3 Å². The Morgan fingerprint density at radius 2 is 2.18 bits per heavy atom. The highest BCUT2D eigenvalue weighted by Gasteiger charge is 2.15. The summed E-state index contributed by atoms with van der Waals surface area (Å²) in [7, 11) is 2.09. The van der Waals surface area contributed by atoms with E-state index in [0.29, 0.717) is 0 Å². The van der Waals surface area contributed by atoms with Gasteiger partial charge in [0.25, 0.3) is 0 Å². The lowest BCUT2D eigenvalue weighted by atomic mass is 10.1. The fourth-order valence-electron chi connectivity index (χ4n) is 2.02. The van der Waals surface area contributed by atoms with E-state index in [0.717, 1.165) is 29.6 Å². The Morgan fingerprint density at radius 1 is 1.29 bits per heavy atom. The normalized spacial score (nSPS) is 14.3. The lowest BCUT2D eigenvalue weighted by Crippen LogP contribution is -2.28. The molecule has 0 atom stereocenters. The Balaban J connectivity index is 2.03. The van der Waals surface area contributed by atoms with E-state index < -0.39 is 0 Å². The van der Waals surface area contributed by atoms with Gasteiger partial charge < -0.3 is 15.4 Å². The van der Waals surface area contributed by atoms with Gasteiger partial charge in [-0.15, -0.1) is 11.3 Å². The number of ether oxygens (including phenoxy) is 1. The van der Waals surface area contributed by atoms with E-state index in [1.165, 1.54) is 10.4 Å². The molecule has 0 bridgehead atoms. The van der Waals surface area contributed by atoms with Crippen molar-refractivity contribution in [2.75, 3.05) is 30.8 Å². The molecule has 3 rings (SSSR count). The standard InChI is InChI=1S/C13H14N2OS/c1-15-6-7-16-11-8-9(2-3-10(11)15)12-4-5-13(14)17-12/h2-5,8H,6-7,14H2,1H3. The summed E-state index contributed by atoms with van der Waals surface area (Å²) in [5.74, 6) is 0.961. The molecule has 3 nitrogen and oxygen atoms in total. The zero-order chi connectivity index (χ0) is 11.8. The molecule has 1 aromatic carbocycles. The van der Waals surface area contributed by atoms with Crippen molar-refractivity contribution in [2.24, 2.45) is 0 Å². The number of thiophene rings is 1. The third-order valence-corrected chi connectivity index (χ3v) is 3.93. The van der Waals surface area contributed by atoms with Crippen molar-refractivity contribution in [1.82, 2.24) is 0 Å². The van der Waals surface area contributed by atoms with Crippen LogP contribution in [0.1, 0.15) is 0 Å². The molecule has 1 aromatic heterocycles. The molecular weight excluding hydrogens is 232 g/mol. The van der Waals surface area contributed by atoms with Gasteiger partial charge in [-0.2, -0.15) is 0 Å².